The molecule has 0 aliphatic rings. The molecule has 4 N–H and O–H groups in total. The fourth-order valence-corrected chi connectivity index (χ4v) is 5.70. The van der Waals surface area contributed by atoms with Crippen LogP contribution in [0.2, 0.25) is 0 Å². The van der Waals surface area contributed by atoms with Crippen molar-refractivity contribution in [2.45, 2.75) is 25.9 Å². The number of anilines is 2. The summed E-state index contributed by atoms with van der Waals surface area (Å²) in [6.45, 7) is 6.57. The number of nitrogens with zero attached hydrogens (tertiary/aromatic N) is 4. The van der Waals surface area contributed by atoms with E-state index in [4.69, 9.17) is 19.7 Å². The smallest absolute Gasteiger partial charge is 0.342 e. The highest BCUT2D eigenvalue weighted by Gasteiger charge is 2.33. The summed E-state index contributed by atoms with van der Waals surface area (Å²) in [6.07, 6.45) is 3.26. The van der Waals surface area contributed by atoms with Gasteiger partial charge in [0.2, 0.25) is 5.95 Å². The first-order valence-electron chi connectivity index (χ1n) is 13.1. The number of aromatic nitrogens is 4. The van der Waals surface area contributed by atoms with Crippen LogP contribution in [0.5, 0.6) is 5.75 Å². The van der Waals surface area contributed by atoms with Crippen molar-refractivity contribution in [2.75, 3.05) is 37.2 Å². The fourth-order valence-electron chi connectivity index (χ4n) is 4.02. The summed E-state index contributed by atoms with van der Waals surface area (Å²) in [4.78, 5) is 25.8. The molecule has 4 aromatic rings. The van der Waals surface area contributed by atoms with Crippen molar-refractivity contribution in [1.82, 2.24) is 24.6 Å². The van der Waals surface area contributed by atoms with Gasteiger partial charge in [-0.3, -0.25) is 9.36 Å². The largest absolute Gasteiger partial charge is 0.465 e. The zero-order valence-corrected chi connectivity index (χ0v) is 23.7. The summed E-state index contributed by atoms with van der Waals surface area (Å²) in [5.41, 5.74) is 7.85. The summed E-state index contributed by atoms with van der Waals surface area (Å²) in [5, 5.41) is 6.03. The summed E-state index contributed by atoms with van der Waals surface area (Å²) in [5.74, 6) is 0.443. The Morgan fingerprint density at radius 3 is 2.59 bits per heavy atom. The highest BCUT2D eigenvalue weighted by molar-refractivity contribution is 7.57. The summed E-state index contributed by atoms with van der Waals surface area (Å²) < 4.78 is 32.9. The molecule has 4 rings (SSSR count). The molecule has 0 bridgehead atoms. The Balaban J connectivity index is 1.48. The van der Waals surface area contributed by atoms with Gasteiger partial charge >= 0.3 is 13.5 Å². The van der Waals surface area contributed by atoms with Gasteiger partial charge in [0.15, 0.2) is 17.0 Å². The first-order valence-corrected chi connectivity index (χ1v) is 14.9. The predicted molar refractivity (Wildman–Crippen MR) is 158 cm³/mol. The molecule has 2 aromatic heterocycles. The van der Waals surface area contributed by atoms with E-state index >= 15 is 0 Å². The van der Waals surface area contributed by atoms with E-state index in [0.29, 0.717) is 35.8 Å². The third-order valence-corrected chi connectivity index (χ3v) is 7.57. The van der Waals surface area contributed by atoms with Crippen molar-refractivity contribution < 1.29 is 23.4 Å². The second-order valence-electron chi connectivity index (χ2n) is 8.95. The molecule has 2 aromatic carbocycles. The van der Waals surface area contributed by atoms with Crippen LogP contribution in [0.15, 0.2) is 79.6 Å². The normalized spacial score (nSPS) is 13.3. The SMILES string of the molecule is C=CCNc1nc(N)nc2c1ncn2CCOCP(=O)(N[C@@H](Cc1ccccc1)C(=O)OCC)Oc1ccccc1. The van der Waals surface area contributed by atoms with Gasteiger partial charge < -0.3 is 29.6 Å². The number of rotatable bonds is 16. The number of nitrogens with one attached hydrogen (secondary N) is 2. The van der Waals surface area contributed by atoms with Crippen molar-refractivity contribution in [3.8, 4) is 5.75 Å². The molecule has 2 heterocycles. The van der Waals surface area contributed by atoms with Gasteiger partial charge in [-0.15, -0.1) is 6.58 Å². The topological polar surface area (TPSA) is 156 Å². The van der Waals surface area contributed by atoms with Crippen LogP contribution in [0.3, 0.4) is 0 Å². The van der Waals surface area contributed by atoms with Gasteiger partial charge in [-0.05, 0) is 31.0 Å². The number of hydrogen-bond acceptors (Lipinski definition) is 10. The van der Waals surface area contributed by atoms with Gasteiger partial charge in [-0.1, -0.05) is 54.6 Å². The van der Waals surface area contributed by atoms with Crippen molar-refractivity contribution in [3.05, 3.63) is 85.2 Å². The van der Waals surface area contributed by atoms with Crippen LogP contribution in [0.1, 0.15) is 12.5 Å². The first kappa shape index (κ1) is 29.7. The van der Waals surface area contributed by atoms with E-state index in [1.165, 1.54) is 0 Å². The molecule has 0 radical (unpaired) electrons. The third kappa shape index (κ3) is 8.37. The standard InChI is InChI=1S/C28H34N7O5P/c1-3-15-30-25-24-26(33-28(29)32-25)35(19-31-24)16-17-38-20-41(37,40-22-13-9-6-10-14-22)34-23(27(36)39-4-2)18-21-11-7-5-8-12-21/h3,5-14,19,23H,1,4,15-18,20H2,2H3,(H,34,37)(H3,29,30,32,33)/t23-,41?/m0/s1. The lowest BCUT2D eigenvalue weighted by atomic mass is 10.1. The zero-order valence-electron chi connectivity index (χ0n) is 22.8. The predicted octanol–water partition coefficient (Wildman–Crippen LogP) is 4.02. The molecular formula is C28H34N7O5P. The maximum absolute atomic E-state index is 14.1. The number of hydrogen-bond donors (Lipinski definition) is 3. The maximum atomic E-state index is 14.1. The number of carbonyl (C=O) groups excluding carboxylic acids is 1. The van der Waals surface area contributed by atoms with Gasteiger partial charge in [0.1, 0.15) is 18.1 Å². The molecule has 0 saturated heterocycles. The van der Waals surface area contributed by atoms with E-state index in [9.17, 15) is 9.36 Å². The van der Waals surface area contributed by atoms with E-state index < -0.39 is 19.5 Å². The molecule has 41 heavy (non-hydrogen) atoms. The average molecular weight is 580 g/mol. The summed E-state index contributed by atoms with van der Waals surface area (Å²) in [6, 6.07) is 17.2. The van der Waals surface area contributed by atoms with Crippen LogP contribution >= 0.6 is 7.52 Å². The Labute approximate surface area is 238 Å². The molecule has 0 aliphatic carbocycles. The number of esters is 1. The number of fused-ring (bicyclic) bond motifs is 1. The minimum atomic E-state index is -3.76. The molecular weight excluding hydrogens is 545 g/mol. The van der Waals surface area contributed by atoms with Crippen LogP contribution in [0, 0.1) is 0 Å². The van der Waals surface area contributed by atoms with Crippen molar-refractivity contribution in [3.63, 3.8) is 0 Å². The second-order valence-corrected chi connectivity index (χ2v) is 11.0. The van der Waals surface area contributed by atoms with Crippen LogP contribution in [0.25, 0.3) is 11.2 Å². The van der Waals surface area contributed by atoms with E-state index in [1.54, 1.807) is 48.2 Å². The molecule has 0 amide bonds. The number of carbonyl (C=O) groups is 1. The zero-order chi connectivity index (χ0) is 29.1. The monoisotopic (exact) mass is 579 g/mol. The number of imidazole rings is 1. The maximum Gasteiger partial charge on any atom is 0.342 e. The molecule has 13 heteroatoms. The lowest BCUT2D eigenvalue weighted by Crippen LogP contribution is -2.39. The molecule has 0 spiro atoms. The summed E-state index contributed by atoms with van der Waals surface area (Å²) >= 11 is 0. The number of para-hydroxylation sites is 1. The average Bonchev–Trinajstić information content (AvgIpc) is 3.37. The van der Waals surface area contributed by atoms with Crippen LogP contribution in [0.4, 0.5) is 11.8 Å². The quantitative estimate of drug-likeness (QED) is 0.0763. The Morgan fingerprint density at radius 1 is 1.15 bits per heavy atom. The Morgan fingerprint density at radius 2 is 1.88 bits per heavy atom. The minimum Gasteiger partial charge on any atom is -0.465 e. The van der Waals surface area contributed by atoms with E-state index in [0.717, 1.165) is 5.56 Å². The minimum absolute atomic E-state index is 0.0973. The molecule has 0 fully saturated rings. The molecule has 216 valence electrons. The number of nitrogen functional groups attached to an aromatic ring is 1. The van der Waals surface area contributed by atoms with Crippen LogP contribution in [-0.2, 0) is 31.8 Å². The van der Waals surface area contributed by atoms with Crippen LogP contribution < -0.4 is 20.7 Å². The second kappa shape index (κ2) is 14.4. The molecule has 1 unspecified atom stereocenters. The molecule has 0 saturated carbocycles. The van der Waals surface area contributed by atoms with Crippen molar-refractivity contribution in [2.24, 2.45) is 0 Å². The number of benzene rings is 2. The van der Waals surface area contributed by atoms with Gasteiger partial charge in [0, 0.05) is 13.1 Å². The van der Waals surface area contributed by atoms with E-state index in [-0.39, 0.29) is 31.9 Å². The van der Waals surface area contributed by atoms with Crippen molar-refractivity contribution in [1.29, 1.82) is 0 Å². The lowest BCUT2D eigenvalue weighted by molar-refractivity contribution is -0.145. The Kier molecular flexibility index (Phi) is 10.4. The Hall–Kier alpha value is -4.25. The van der Waals surface area contributed by atoms with E-state index in [1.807, 2.05) is 36.4 Å². The highest BCUT2D eigenvalue weighted by Crippen LogP contribution is 2.44. The highest BCUT2D eigenvalue weighted by atomic mass is 31.2. The molecule has 0 aliphatic heterocycles. The number of ether oxygens (including phenoxy) is 2. The fraction of sp³-hybridized carbons (Fsp3) is 0.286. The third-order valence-electron chi connectivity index (χ3n) is 5.84. The van der Waals surface area contributed by atoms with E-state index in [2.05, 4.69) is 31.9 Å². The molecule has 2 atom stereocenters. The van der Waals surface area contributed by atoms with Crippen molar-refractivity contribution >= 4 is 36.4 Å². The molecule has 12 nitrogen and oxygen atoms in total. The van der Waals surface area contributed by atoms with Gasteiger partial charge in [-0.25, -0.2) is 10.1 Å². The number of nitrogens with two attached hydrogens (primary N) is 1. The summed E-state index contributed by atoms with van der Waals surface area (Å²) in [7, 11) is -3.76. The van der Waals surface area contributed by atoms with Gasteiger partial charge in [0.25, 0.3) is 0 Å². The first-order chi connectivity index (χ1) is 19.9. The Bertz CT molecular complexity index is 1480. The van der Waals surface area contributed by atoms with Gasteiger partial charge in [0.05, 0.1) is 19.5 Å². The van der Waals surface area contributed by atoms with Crippen LogP contribution in [-0.4, -0.2) is 57.6 Å². The lowest BCUT2D eigenvalue weighted by Gasteiger charge is -2.25. The van der Waals surface area contributed by atoms with Gasteiger partial charge in [-0.2, -0.15) is 9.97 Å².